The smallest absolute Gasteiger partial charge is 0.287 e. The number of β-amino-alcohol motifs (C(OH)–C–C–N with tert-alkyl or cyclic N) is 1. The molecule has 1 saturated heterocycles. The molecule has 5 nitrogen and oxygen atoms in total. The quantitative estimate of drug-likeness (QED) is 0.888. The molecular weight excluding hydrogens is 304 g/mol. The SMILES string of the molecule is Cc1cc(C(=O)NC2CCN(CC3(O)CCCCC3)CC2)oc1C. The van der Waals surface area contributed by atoms with E-state index in [1.54, 1.807) is 6.07 Å². The summed E-state index contributed by atoms with van der Waals surface area (Å²) in [5.41, 5.74) is 0.521. The van der Waals surface area contributed by atoms with E-state index in [0.29, 0.717) is 5.76 Å². The molecule has 2 aliphatic rings. The summed E-state index contributed by atoms with van der Waals surface area (Å²) < 4.78 is 5.50. The lowest BCUT2D eigenvalue weighted by atomic mass is 9.84. The molecule has 2 heterocycles. The van der Waals surface area contributed by atoms with Gasteiger partial charge in [0.1, 0.15) is 5.76 Å². The number of amides is 1. The highest BCUT2D eigenvalue weighted by Gasteiger charge is 2.33. The predicted molar refractivity (Wildman–Crippen MR) is 93.1 cm³/mol. The van der Waals surface area contributed by atoms with E-state index in [4.69, 9.17) is 4.42 Å². The van der Waals surface area contributed by atoms with Crippen molar-refractivity contribution in [2.24, 2.45) is 0 Å². The van der Waals surface area contributed by atoms with Gasteiger partial charge in [-0.05, 0) is 51.2 Å². The van der Waals surface area contributed by atoms with Crippen molar-refractivity contribution in [1.82, 2.24) is 10.2 Å². The molecule has 1 aromatic rings. The lowest BCUT2D eigenvalue weighted by Gasteiger charge is -2.40. The first kappa shape index (κ1) is 17.5. The summed E-state index contributed by atoms with van der Waals surface area (Å²) >= 11 is 0. The van der Waals surface area contributed by atoms with Crippen LogP contribution in [0.5, 0.6) is 0 Å². The van der Waals surface area contributed by atoms with E-state index in [1.165, 1.54) is 6.42 Å². The third kappa shape index (κ3) is 4.19. The average Bonchev–Trinajstić information content (AvgIpc) is 2.89. The van der Waals surface area contributed by atoms with Crippen molar-refractivity contribution in [3.05, 3.63) is 23.2 Å². The summed E-state index contributed by atoms with van der Waals surface area (Å²) in [5, 5.41) is 13.8. The number of carbonyl (C=O) groups is 1. The van der Waals surface area contributed by atoms with E-state index in [1.807, 2.05) is 13.8 Å². The van der Waals surface area contributed by atoms with Crippen LogP contribution in [0, 0.1) is 13.8 Å². The van der Waals surface area contributed by atoms with Gasteiger partial charge in [-0.15, -0.1) is 0 Å². The van der Waals surface area contributed by atoms with Gasteiger partial charge in [0.05, 0.1) is 5.60 Å². The lowest BCUT2D eigenvalue weighted by Crippen LogP contribution is -2.50. The monoisotopic (exact) mass is 334 g/mol. The summed E-state index contributed by atoms with van der Waals surface area (Å²) in [7, 11) is 0. The number of carbonyl (C=O) groups excluding carboxylic acids is 1. The molecular formula is C19H30N2O3. The van der Waals surface area contributed by atoms with Crippen molar-refractivity contribution < 1.29 is 14.3 Å². The van der Waals surface area contributed by atoms with E-state index < -0.39 is 5.60 Å². The first-order valence-electron chi connectivity index (χ1n) is 9.28. The summed E-state index contributed by atoms with van der Waals surface area (Å²) in [6.07, 6.45) is 7.26. The highest BCUT2D eigenvalue weighted by atomic mass is 16.3. The van der Waals surface area contributed by atoms with E-state index in [0.717, 1.165) is 69.5 Å². The van der Waals surface area contributed by atoms with Gasteiger partial charge in [0, 0.05) is 25.7 Å². The summed E-state index contributed by atoms with van der Waals surface area (Å²) in [6, 6.07) is 2.00. The first-order valence-corrected chi connectivity index (χ1v) is 9.28. The fraction of sp³-hybridized carbons (Fsp3) is 0.737. The van der Waals surface area contributed by atoms with Gasteiger partial charge in [0.25, 0.3) is 5.91 Å². The van der Waals surface area contributed by atoms with Crippen molar-refractivity contribution >= 4 is 5.91 Å². The Morgan fingerprint density at radius 2 is 1.96 bits per heavy atom. The van der Waals surface area contributed by atoms with Crippen LogP contribution in [0.15, 0.2) is 10.5 Å². The number of piperidine rings is 1. The maximum absolute atomic E-state index is 12.3. The van der Waals surface area contributed by atoms with Crippen molar-refractivity contribution in [1.29, 1.82) is 0 Å². The fourth-order valence-corrected chi connectivity index (χ4v) is 3.96. The van der Waals surface area contributed by atoms with Gasteiger partial charge in [0.15, 0.2) is 5.76 Å². The number of rotatable bonds is 4. The van der Waals surface area contributed by atoms with Crippen molar-refractivity contribution in [2.45, 2.75) is 70.4 Å². The van der Waals surface area contributed by atoms with E-state index >= 15 is 0 Å². The minimum atomic E-state index is -0.489. The van der Waals surface area contributed by atoms with Crippen LogP contribution < -0.4 is 5.32 Å². The number of hydrogen-bond donors (Lipinski definition) is 2. The Bertz CT molecular complexity index is 548. The topological polar surface area (TPSA) is 65.7 Å². The molecule has 2 fully saturated rings. The highest BCUT2D eigenvalue weighted by Crippen LogP contribution is 2.29. The lowest BCUT2D eigenvalue weighted by molar-refractivity contribution is -0.0312. The van der Waals surface area contributed by atoms with Crippen LogP contribution in [0.4, 0.5) is 0 Å². The van der Waals surface area contributed by atoms with Crippen LogP contribution in [0.25, 0.3) is 0 Å². The standard InChI is InChI=1S/C19H30N2O3/c1-14-12-17(24-15(14)2)18(22)20-16-6-10-21(11-7-16)13-19(23)8-4-3-5-9-19/h12,16,23H,3-11,13H2,1-2H3,(H,20,22). The van der Waals surface area contributed by atoms with Crippen molar-refractivity contribution in [2.75, 3.05) is 19.6 Å². The number of furan rings is 1. The molecule has 24 heavy (non-hydrogen) atoms. The largest absolute Gasteiger partial charge is 0.456 e. The zero-order chi connectivity index (χ0) is 17.2. The summed E-state index contributed by atoms with van der Waals surface area (Å²) in [5.74, 6) is 1.09. The zero-order valence-corrected chi connectivity index (χ0v) is 14.9. The molecule has 5 heteroatoms. The second kappa shape index (κ2) is 7.28. The second-order valence-electron chi connectivity index (χ2n) is 7.66. The normalized spacial score (nSPS) is 22.5. The van der Waals surface area contributed by atoms with Gasteiger partial charge >= 0.3 is 0 Å². The molecule has 1 aliphatic carbocycles. The van der Waals surface area contributed by atoms with Gasteiger partial charge in [0.2, 0.25) is 0 Å². The number of hydrogen-bond acceptors (Lipinski definition) is 4. The van der Waals surface area contributed by atoms with E-state index in [9.17, 15) is 9.90 Å². The van der Waals surface area contributed by atoms with Gasteiger partial charge in [-0.1, -0.05) is 19.3 Å². The van der Waals surface area contributed by atoms with Gasteiger partial charge in [-0.3, -0.25) is 4.79 Å². The summed E-state index contributed by atoms with van der Waals surface area (Å²) in [4.78, 5) is 14.6. The van der Waals surface area contributed by atoms with E-state index in [-0.39, 0.29) is 11.9 Å². The number of nitrogens with zero attached hydrogens (tertiary/aromatic N) is 1. The Morgan fingerprint density at radius 3 is 2.54 bits per heavy atom. The number of nitrogens with one attached hydrogen (secondary N) is 1. The summed E-state index contributed by atoms with van der Waals surface area (Å²) in [6.45, 7) is 6.47. The van der Waals surface area contributed by atoms with Crippen molar-refractivity contribution in [3.63, 3.8) is 0 Å². The maximum Gasteiger partial charge on any atom is 0.287 e. The molecule has 1 aromatic heterocycles. The number of likely N-dealkylation sites (tertiary alicyclic amines) is 1. The fourth-order valence-electron chi connectivity index (χ4n) is 3.96. The third-order valence-electron chi connectivity index (χ3n) is 5.61. The van der Waals surface area contributed by atoms with Crippen LogP contribution >= 0.6 is 0 Å². The van der Waals surface area contributed by atoms with Crippen LogP contribution in [-0.2, 0) is 0 Å². The highest BCUT2D eigenvalue weighted by molar-refractivity contribution is 5.91. The van der Waals surface area contributed by atoms with Crippen LogP contribution in [0.2, 0.25) is 0 Å². The average molecular weight is 334 g/mol. The Balaban J connectivity index is 1.45. The third-order valence-corrected chi connectivity index (χ3v) is 5.61. The molecule has 0 radical (unpaired) electrons. The molecule has 0 atom stereocenters. The van der Waals surface area contributed by atoms with Gasteiger partial charge in [-0.25, -0.2) is 0 Å². The molecule has 3 rings (SSSR count). The Labute approximate surface area is 144 Å². The second-order valence-corrected chi connectivity index (χ2v) is 7.66. The van der Waals surface area contributed by atoms with Crippen LogP contribution in [0.3, 0.4) is 0 Å². The molecule has 0 bridgehead atoms. The zero-order valence-electron chi connectivity index (χ0n) is 14.9. The van der Waals surface area contributed by atoms with Gasteiger partial charge in [-0.2, -0.15) is 0 Å². The molecule has 1 aliphatic heterocycles. The maximum atomic E-state index is 12.3. The van der Waals surface area contributed by atoms with Crippen LogP contribution in [-0.4, -0.2) is 47.2 Å². The Morgan fingerprint density at radius 1 is 1.29 bits per heavy atom. The van der Waals surface area contributed by atoms with Crippen molar-refractivity contribution in [3.8, 4) is 0 Å². The molecule has 0 spiro atoms. The molecule has 0 aromatic carbocycles. The minimum Gasteiger partial charge on any atom is -0.456 e. The molecule has 134 valence electrons. The Hall–Kier alpha value is -1.33. The first-order chi connectivity index (χ1) is 11.5. The number of aliphatic hydroxyl groups is 1. The Kier molecular flexibility index (Phi) is 5.30. The van der Waals surface area contributed by atoms with E-state index in [2.05, 4.69) is 10.2 Å². The molecule has 1 amide bonds. The number of aryl methyl sites for hydroxylation is 2. The minimum absolute atomic E-state index is 0.115. The molecule has 2 N–H and O–H groups in total. The van der Waals surface area contributed by atoms with Gasteiger partial charge < -0.3 is 19.7 Å². The molecule has 1 saturated carbocycles. The van der Waals surface area contributed by atoms with Crippen LogP contribution in [0.1, 0.15) is 66.8 Å². The predicted octanol–water partition coefficient (Wildman–Crippen LogP) is 2.79. The molecule has 0 unspecified atom stereocenters.